The molecule has 0 aromatic carbocycles. The first-order chi connectivity index (χ1) is 2.64. The van der Waals surface area contributed by atoms with Crippen LogP contribution in [0.25, 0.3) is 0 Å². The molecule has 0 saturated carbocycles. The van der Waals surface area contributed by atoms with Crippen LogP contribution in [-0.2, 0) is 0 Å². The lowest BCUT2D eigenvalue weighted by Crippen LogP contribution is -1.99. The summed E-state index contributed by atoms with van der Waals surface area (Å²) in [6.07, 6.45) is 0. The third-order valence-corrected chi connectivity index (χ3v) is 0.562. The molecule has 0 aromatic rings. The van der Waals surface area contributed by atoms with Crippen LogP contribution in [0, 0.1) is 10.8 Å². The lowest BCUT2D eigenvalue weighted by Gasteiger charge is -1.83. The Bertz CT molecular complexity index is 72.1. The third-order valence-electron chi connectivity index (χ3n) is 0.562. The molecule has 0 heterocycles. The summed E-state index contributed by atoms with van der Waals surface area (Å²) in [4.78, 5) is 0. The zero-order valence-electron chi connectivity index (χ0n) is 4.00. The minimum atomic E-state index is 0. The Labute approximate surface area is 44.6 Å². The van der Waals surface area contributed by atoms with E-state index >= 15 is 0 Å². The Hall–Kier alpha value is -0.660. The van der Waals surface area contributed by atoms with Crippen molar-refractivity contribution in [2.75, 3.05) is 0 Å². The lowest BCUT2D eigenvalue weighted by molar-refractivity contribution is 1.45. The zero-order valence-corrected chi connectivity index (χ0v) is 4.00. The Kier molecular flexibility index (Phi) is 4.84. The molecule has 0 rings (SSSR count). The van der Waals surface area contributed by atoms with Crippen molar-refractivity contribution in [3.63, 3.8) is 0 Å². The minimum Gasteiger partial charge on any atom is -0.304 e. The molecule has 0 saturated heterocycles. The second-order valence-corrected chi connectivity index (χ2v) is 1.25. The predicted octanol–water partition coefficient (Wildman–Crippen LogP) is 1.70. The van der Waals surface area contributed by atoms with E-state index < -0.39 is 0 Å². The van der Waals surface area contributed by atoms with Gasteiger partial charge in [0.15, 0.2) is 0 Å². The smallest absolute Gasteiger partial charge is 0.0487 e. The van der Waals surface area contributed by atoms with Crippen molar-refractivity contribution < 1.29 is 0 Å². The van der Waals surface area contributed by atoms with E-state index in [9.17, 15) is 0 Å². The molecular formula is C5H12N2. The van der Waals surface area contributed by atoms with Crippen LogP contribution in [0.2, 0.25) is 0 Å². The van der Waals surface area contributed by atoms with E-state index in [-0.39, 0.29) is 7.43 Å². The SMILES string of the molecule is C.CC(=N)C(C)=N. The van der Waals surface area contributed by atoms with E-state index in [4.69, 9.17) is 10.8 Å². The molecule has 0 fully saturated rings. The molecule has 0 aliphatic rings. The molecule has 0 atom stereocenters. The number of hydrogen-bond donors (Lipinski definition) is 2. The van der Waals surface area contributed by atoms with E-state index in [1.807, 2.05) is 0 Å². The van der Waals surface area contributed by atoms with E-state index in [2.05, 4.69) is 0 Å². The van der Waals surface area contributed by atoms with Gasteiger partial charge in [-0.05, 0) is 13.8 Å². The highest BCUT2D eigenvalue weighted by molar-refractivity contribution is 6.37. The molecule has 7 heavy (non-hydrogen) atoms. The Balaban J connectivity index is 0. The van der Waals surface area contributed by atoms with E-state index in [0.29, 0.717) is 11.4 Å². The molecule has 0 bridgehead atoms. The molecule has 0 aliphatic carbocycles. The largest absolute Gasteiger partial charge is 0.304 e. The van der Waals surface area contributed by atoms with Crippen molar-refractivity contribution in [1.82, 2.24) is 0 Å². The van der Waals surface area contributed by atoms with Crippen LogP contribution in [-0.4, -0.2) is 11.4 Å². The van der Waals surface area contributed by atoms with Gasteiger partial charge in [0.05, 0.1) is 0 Å². The van der Waals surface area contributed by atoms with Gasteiger partial charge in [-0.15, -0.1) is 0 Å². The minimum absolute atomic E-state index is 0. The van der Waals surface area contributed by atoms with Gasteiger partial charge in [-0.3, -0.25) is 0 Å². The molecule has 0 unspecified atom stereocenters. The number of nitrogens with one attached hydrogen (secondary N) is 2. The van der Waals surface area contributed by atoms with Gasteiger partial charge in [0.25, 0.3) is 0 Å². The molecule has 0 spiro atoms. The maximum Gasteiger partial charge on any atom is 0.0487 e. The third kappa shape index (κ3) is 5.34. The van der Waals surface area contributed by atoms with Crippen LogP contribution in [0.5, 0.6) is 0 Å². The van der Waals surface area contributed by atoms with Crippen molar-refractivity contribution in [2.45, 2.75) is 21.3 Å². The van der Waals surface area contributed by atoms with Crippen molar-refractivity contribution >= 4 is 11.4 Å². The van der Waals surface area contributed by atoms with E-state index in [1.165, 1.54) is 0 Å². The highest BCUT2D eigenvalue weighted by Crippen LogP contribution is 1.69. The van der Waals surface area contributed by atoms with Gasteiger partial charge in [0.2, 0.25) is 0 Å². The van der Waals surface area contributed by atoms with Crippen LogP contribution in [0.15, 0.2) is 0 Å². The van der Waals surface area contributed by atoms with Crippen molar-refractivity contribution in [3.8, 4) is 0 Å². The second kappa shape index (κ2) is 3.53. The number of hydrogen-bond acceptors (Lipinski definition) is 2. The summed E-state index contributed by atoms with van der Waals surface area (Å²) >= 11 is 0. The fourth-order valence-corrected chi connectivity index (χ4v) is 0. The van der Waals surface area contributed by atoms with Crippen LogP contribution in [0.1, 0.15) is 21.3 Å². The summed E-state index contributed by atoms with van der Waals surface area (Å²) in [7, 11) is 0. The van der Waals surface area contributed by atoms with Crippen molar-refractivity contribution in [2.24, 2.45) is 0 Å². The average molecular weight is 100 g/mol. The van der Waals surface area contributed by atoms with E-state index in [1.54, 1.807) is 13.8 Å². The number of rotatable bonds is 1. The van der Waals surface area contributed by atoms with Crippen LogP contribution in [0.3, 0.4) is 0 Å². The van der Waals surface area contributed by atoms with Crippen LogP contribution < -0.4 is 0 Å². The zero-order chi connectivity index (χ0) is 5.15. The Morgan fingerprint density at radius 2 is 1.14 bits per heavy atom. The molecule has 2 N–H and O–H groups in total. The van der Waals surface area contributed by atoms with Gasteiger partial charge in [0, 0.05) is 11.4 Å². The second-order valence-electron chi connectivity index (χ2n) is 1.25. The molecule has 2 heteroatoms. The maximum absolute atomic E-state index is 6.72. The highest BCUT2D eigenvalue weighted by atomic mass is 14.5. The van der Waals surface area contributed by atoms with Gasteiger partial charge in [0.1, 0.15) is 0 Å². The fraction of sp³-hybridized carbons (Fsp3) is 0.600. The molecule has 2 nitrogen and oxygen atoms in total. The van der Waals surface area contributed by atoms with Crippen molar-refractivity contribution in [3.05, 3.63) is 0 Å². The summed E-state index contributed by atoms with van der Waals surface area (Å²) in [5, 5.41) is 13.4. The van der Waals surface area contributed by atoms with Gasteiger partial charge in [-0.1, -0.05) is 7.43 Å². The predicted molar refractivity (Wildman–Crippen MR) is 33.5 cm³/mol. The normalized spacial score (nSPS) is 6.57. The van der Waals surface area contributed by atoms with Gasteiger partial charge in [-0.25, -0.2) is 0 Å². The monoisotopic (exact) mass is 100 g/mol. The molecule has 0 radical (unpaired) electrons. The van der Waals surface area contributed by atoms with Crippen molar-refractivity contribution in [1.29, 1.82) is 10.8 Å². The molecule has 0 aromatic heterocycles. The Morgan fingerprint density at radius 3 is 1.14 bits per heavy atom. The quantitative estimate of drug-likeness (QED) is 0.471. The van der Waals surface area contributed by atoms with Gasteiger partial charge < -0.3 is 10.8 Å². The lowest BCUT2D eigenvalue weighted by atomic mass is 10.3. The standard InChI is InChI=1S/C4H8N2.CH4/c1-3(5)4(2)6;/h5-6H,1-2H3;1H4. The Morgan fingerprint density at radius 1 is 1.00 bits per heavy atom. The first kappa shape index (κ1) is 9.60. The summed E-state index contributed by atoms with van der Waals surface area (Å²) in [6.45, 7) is 3.20. The fourth-order valence-electron chi connectivity index (χ4n) is 0. The molecular weight excluding hydrogens is 88.1 g/mol. The first-order valence-corrected chi connectivity index (χ1v) is 1.75. The summed E-state index contributed by atoms with van der Waals surface area (Å²) in [5.74, 6) is 0. The van der Waals surface area contributed by atoms with Gasteiger partial charge in [-0.2, -0.15) is 0 Å². The summed E-state index contributed by atoms with van der Waals surface area (Å²) in [6, 6.07) is 0. The molecule has 42 valence electrons. The van der Waals surface area contributed by atoms with Gasteiger partial charge >= 0.3 is 0 Å². The van der Waals surface area contributed by atoms with Crippen LogP contribution >= 0.6 is 0 Å². The molecule has 0 amide bonds. The summed E-state index contributed by atoms with van der Waals surface area (Å²) < 4.78 is 0. The summed E-state index contributed by atoms with van der Waals surface area (Å²) in [5.41, 5.74) is 0.685. The topological polar surface area (TPSA) is 47.7 Å². The maximum atomic E-state index is 6.72. The van der Waals surface area contributed by atoms with E-state index in [0.717, 1.165) is 0 Å². The van der Waals surface area contributed by atoms with Crippen LogP contribution in [0.4, 0.5) is 0 Å². The first-order valence-electron chi connectivity index (χ1n) is 1.75. The molecule has 0 aliphatic heterocycles. The average Bonchev–Trinajstić information content (AvgIpc) is 1.36. The highest BCUT2D eigenvalue weighted by Gasteiger charge is 1.83.